The zero-order valence-electron chi connectivity index (χ0n) is 17.0. The van der Waals surface area contributed by atoms with E-state index in [0.29, 0.717) is 18.5 Å². The number of pyridine rings is 1. The third kappa shape index (κ3) is 5.02. The molecule has 0 amide bonds. The molecule has 1 fully saturated rings. The molecule has 0 spiro atoms. The summed E-state index contributed by atoms with van der Waals surface area (Å²) in [6.45, 7) is 6.83. The Balaban J connectivity index is 1.35. The number of hydrogen-bond donors (Lipinski definition) is 1. The van der Waals surface area contributed by atoms with Crippen molar-refractivity contribution in [1.82, 2.24) is 15.5 Å². The minimum atomic E-state index is 0.366. The third-order valence-electron chi connectivity index (χ3n) is 5.29. The highest BCUT2D eigenvalue weighted by atomic mass is 16.5. The van der Waals surface area contributed by atoms with Crippen molar-refractivity contribution in [2.45, 2.75) is 45.9 Å². The highest BCUT2D eigenvalue weighted by Gasteiger charge is 2.16. The van der Waals surface area contributed by atoms with E-state index in [9.17, 15) is 0 Å². The van der Waals surface area contributed by atoms with E-state index in [-0.39, 0.29) is 0 Å². The average molecular weight is 393 g/mol. The maximum absolute atomic E-state index is 5.92. The number of rotatable bonds is 7. The molecule has 2 aromatic heterocycles. The van der Waals surface area contributed by atoms with Gasteiger partial charge in [-0.25, -0.2) is 4.98 Å². The first kappa shape index (κ1) is 19.6. The topological polar surface area (TPSA) is 69.4 Å². The second-order valence-corrected chi connectivity index (χ2v) is 7.49. The van der Waals surface area contributed by atoms with Crippen LogP contribution in [-0.4, -0.2) is 29.4 Å². The zero-order valence-corrected chi connectivity index (χ0v) is 17.0. The van der Waals surface area contributed by atoms with Crippen molar-refractivity contribution >= 4 is 0 Å². The first-order valence-electron chi connectivity index (χ1n) is 10.1. The van der Waals surface area contributed by atoms with Crippen LogP contribution in [0, 0.1) is 13.8 Å². The van der Waals surface area contributed by atoms with Gasteiger partial charge in [0.15, 0.2) is 0 Å². The molecule has 0 unspecified atom stereocenters. The van der Waals surface area contributed by atoms with Gasteiger partial charge in [0, 0.05) is 43.6 Å². The summed E-state index contributed by atoms with van der Waals surface area (Å²) in [6.07, 6.45) is 4.00. The summed E-state index contributed by atoms with van der Waals surface area (Å²) in [6, 6.07) is 12.7. The Bertz CT molecular complexity index is 914. The van der Waals surface area contributed by atoms with Crippen LogP contribution in [0.3, 0.4) is 0 Å². The Kier molecular flexibility index (Phi) is 6.22. The molecule has 3 aromatic rings. The van der Waals surface area contributed by atoms with Gasteiger partial charge in [-0.2, -0.15) is 0 Å². The van der Waals surface area contributed by atoms with Gasteiger partial charge in [-0.15, -0.1) is 0 Å². The fraction of sp³-hybridized carbons (Fsp3) is 0.391. The number of aryl methyl sites for hydroxylation is 2. The van der Waals surface area contributed by atoms with Crippen molar-refractivity contribution < 1.29 is 14.0 Å². The van der Waals surface area contributed by atoms with Gasteiger partial charge in [-0.1, -0.05) is 41.1 Å². The van der Waals surface area contributed by atoms with E-state index in [1.807, 2.05) is 19.2 Å². The van der Waals surface area contributed by atoms with Gasteiger partial charge < -0.3 is 19.3 Å². The number of ether oxygens (including phenoxy) is 2. The number of hydrogen-bond acceptors (Lipinski definition) is 6. The quantitative estimate of drug-likeness (QED) is 0.649. The van der Waals surface area contributed by atoms with E-state index in [1.165, 1.54) is 5.56 Å². The first-order valence-corrected chi connectivity index (χ1v) is 10.1. The zero-order chi connectivity index (χ0) is 20.1. The monoisotopic (exact) mass is 393 g/mol. The van der Waals surface area contributed by atoms with Gasteiger partial charge in [0.25, 0.3) is 0 Å². The molecule has 1 saturated heterocycles. The van der Waals surface area contributed by atoms with Crippen molar-refractivity contribution in [3.63, 3.8) is 0 Å². The Hall–Kier alpha value is -2.70. The van der Waals surface area contributed by atoms with Gasteiger partial charge in [-0.3, -0.25) is 0 Å². The van der Waals surface area contributed by atoms with Gasteiger partial charge in [0.05, 0.1) is 5.56 Å². The summed E-state index contributed by atoms with van der Waals surface area (Å²) >= 11 is 0. The highest BCUT2D eigenvalue weighted by Crippen LogP contribution is 2.26. The summed E-state index contributed by atoms with van der Waals surface area (Å²) in [7, 11) is 0. The van der Waals surface area contributed by atoms with E-state index in [4.69, 9.17) is 14.0 Å². The number of nitrogens with zero attached hydrogens (tertiary/aromatic N) is 2. The first-order chi connectivity index (χ1) is 14.2. The predicted octanol–water partition coefficient (Wildman–Crippen LogP) is 4.20. The number of aromatic nitrogens is 2. The summed E-state index contributed by atoms with van der Waals surface area (Å²) < 4.78 is 16.7. The maximum atomic E-state index is 5.92. The molecule has 152 valence electrons. The lowest BCUT2D eigenvalue weighted by atomic mass is 10.1. The molecule has 0 bridgehead atoms. The molecule has 0 aliphatic carbocycles. The lowest BCUT2D eigenvalue weighted by Gasteiger charge is -2.23. The lowest BCUT2D eigenvalue weighted by molar-refractivity contribution is 0.0776. The van der Waals surface area contributed by atoms with E-state index in [1.54, 1.807) is 0 Å². The lowest BCUT2D eigenvalue weighted by Crippen LogP contribution is -2.34. The molecule has 4 rings (SSSR count). The summed E-state index contributed by atoms with van der Waals surface area (Å²) in [5.41, 5.74) is 5.14. The normalized spacial score (nSPS) is 14.8. The van der Waals surface area contributed by atoms with Crippen molar-refractivity contribution in [2.75, 3.05) is 13.2 Å². The van der Waals surface area contributed by atoms with Crippen LogP contribution >= 0.6 is 0 Å². The molecule has 6 heteroatoms. The van der Waals surface area contributed by atoms with Crippen LogP contribution in [0.25, 0.3) is 11.3 Å². The molecule has 1 N–H and O–H groups in total. The molecule has 0 saturated carbocycles. The smallest absolute Gasteiger partial charge is 0.213 e. The number of nitrogens with one attached hydrogen (secondary N) is 1. The largest absolute Gasteiger partial charge is 0.473 e. The summed E-state index contributed by atoms with van der Waals surface area (Å²) in [5, 5.41) is 7.79. The van der Waals surface area contributed by atoms with Gasteiger partial charge in [0.2, 0.25) is 5.88 Å². The van der Waals surface area contributed by atoms with Crippen LogP contribution in [0.2, 0.25) is 0 Å². The van der Waals surface area contributed by atoms with Crippen molar-refractivity contribution in [2.24, 2.45) is 0 Å². The summed E-state index contributed by atoms with van der Waals surface area (Å²) in [4.78, 5) is 4.45. The second kappa shape index (κ2) is 9.20. The molecule has 6 nitrogen and oxygen atoms in total. The van der Waals surface area contributed by atoms with Crippen LogP contribution in [0.1, 0.15) is 35.3 Å². The highest BCUT2D eigenvalue weighted by molar-refractivity contribution is 5.63. The van der Waals surface area contributed by atoms with Crippen LogP contribution in [0.5, 0.6) is 5.88 Å². The average Bonchev–Trinajstić information content (AvgIpc) is 3.13. The van der Waals surface area contributed by atoms with E-state index < -0.39 is 0 Å². The Labute approximate surface area is 171 Å². The van der Waals surface area contributed by atoms with Crippen molar-refractivity contribution in [3.8, 4) is 17.1 Å². The Morgan fingerprint density at radius 1 is 1.07 bits per heavy atom. The Morgan fingerprint density at radius 3 is 2.59 bits per heavy atom. The van der Waals surface area contributed by atoms with Gasteiger partial charge >= 0.3 is 0 Å². The second-order valence-electron chi connectivity index (χ2n) is 7.49. The summed E-state index contributed by atoms with van der Waals surface area (Å²) in [5.74, 6) is 1.35. The van der Waals surface area contributed by atoms with Crippen LogP contribution in [0.15, 0.2) is 47.1 Å². The molecule has 1 aliphatic rings. The fourth-order valence-corrected chi connectivity index (χ4v) is 3.41. The van der Waals surface area contributed by atoms with Gasteiger partial charge in [-0.05, 0) is 32.3 Å². The fourth-order valence-electron chi connectivity index (χ4n) is 3.41. The molecular formula is C23H27N3O3. The third-order valence-corrected chi connectivity index (χ3v) is 5.29. The van der Waals surface area contributed by atoms with Gasteiger partial charge in [0.1, 0.15) is 18.1 Å². The van der Waals surface area contributed by atoms with Crippen LogP contribution in [-0.2, 0) is 17.9 Å². The molecule has 1 aliphatic heterocycles. The standard InChI is InChI=1S/C23H27N3O3/c1-16-3-6-19(7-4-16)23-21(17(2)29-26-23)15-28-22-8-5-18(14-25-22)13-24-20-9-11-27-12-10-20/h3-8,14,20,24H,9-13,15H2,1-2H3. The van der Waals surface area contributed by atoms with Crippen molar-refractivity contribution in [3.05, 3.63) is 65.0 Å². The molecule has 3 heterocycles. The van der Waals surface area contributed by atoms with Crippen LogP contribution in [0.4, 0.5) is 0 Å². The molecule has 29 heavy (non-hydrogen) atoms. The molecule has 1 aromatic carbocycles. The maximum Gasteiger partial charge on any atom is 0.213 e. The molecule has 0 atom stereocenters. The van der Waals surface area contributed by atoms with Crippen LogP contribution < -0.4 is 10.1 Å². The Morgan fingerprint density at radius 2 is 1.86 bits per heavy atom. The SMILES string of the molecule is Cc1ccc(-c2noc(C)c2COc2ccc(CNC3CCOCC3)cn2)cc1. The molecular weight excluding hydrogens is 366 g/mol. The predicted molar refractivity (Wildman–Crippen MR) is 111 cm³/mol. The number of benzene rings is 1. The van der Waals surface area contributed by atoms with E-state index >= 15 is 0 Å². The van der Waals surface area contributed by atoms with E-state index in [0.717, 1.165) is 60.7 Å². The van der Waals surface area contributed by atoms with Crippen molar-refractivity contribution in [1.29, 1.82) is 0 Å². The minimum absolute atomic E-state index is 0.366. The molecule has 0 radical (unpaired) electrons. The van der Waals surface area contributed by atoms with E-state index in [2.05, 4.69) is 52.7 Å². The minimum Gasteiger partial charge on any atom is -0.473 e.